The van der Waals surface area contributed by atoms with Gasteiger partial charge in [-0.2, -0.15) is 0 Å². The van der Waals surface area contributed by atoms with E-state index < -0.39 is 164 Å². The van der Waals surface area contributed by atoms with E-state index in [4.69, 9.17) is 34.9 Å². The van der Waals surface area contributed by atoms with E-state index in [1.54, 1.807) is 59.9 Å². The number of nitrogens with two attached hydrogens (primary N) is 1. The molecule has 0 radical (unpaired) electrons. The molecule has 4 aliphatic rings. The highest BCUT2D eigenvalue weighted by molar-refractivity contribution is 5.91. The molecule has 4 aliphatic heterocycles. The summed E-state index contributed by atoms with van der Waals surface area (Å²) in [5.41, 5.74) is 5.69. The summed E-state index contributed by atoms with van der Waals surface area (Å²) in [6, 6.07) is 0. The van der Waals surface area contributed by atoms with Crippen LogP contribution in [0.5, 0.6) is 0 Å². The Morgan fingerprint density at radius 2 is 1.30 bits per heavy atom. The lowest BCUT2D eigenvalue weighted by atomic mass is 9.83. The van der Waals surface area contributed by atoms with Gasteiger partial charge in [0.15, 0.2) is 12.1 Å². The highest BCUT2D eigenvalue weighted by Crippen LogP contribution is 2.39. The lowest BCUT2D eigenvalue weighted by Crippen LogP contribution is -2.61. The summed E-state index contributed by atoms with van der Waals surface area (Å²) >= 11 is 0. The van der Waals surface area contributed by atoms with Crippen LogP contribution >= 0.6 is 0 Å². The molecule has 0 amide bonds. The average molecular weight is 1230 g/mol. The van der Waals surface area contributed by atoms with E-state index in [1.165, 1.54) is 12.2 Å². The number of carbonyl (C=O) groups excluding carboxylic acids is 3. The zero-order valence-electron chi connectivity index (χ0n) is 51.8. The van der Waals surface area contributed by atoms with Gasteiger partial charge in [0.05, 0.1) is 67.0 Å². The molecule has 0 saturated carbocycles. The fourth-order valence-corrected chi connectivity index (χ4v) is 10.8. The number of unbranched alkanes of at least 4 members (excludes halogenated alkanes) is 2. The molecule has 0 aromatic heterocycles. The van der Waals surface area contributed by atoms with Gasteiger partial charge < -0.3 is 91.3 Å². The third kappa shape index (κ3) is 28.5. The number of carboxylic acid groups (broad SMARTS) is 2. The first-order valence-corrected chi connectivity index (χ1v) is 30.5. The number of nitrogens with zero attached hydrogens (tertiary/aromatic N) is 1. The first kappa shape index (κ1) is 77.2. The maximum atomic E-state index is 13.8. The fraction of sp³-hybridized carbons (Fsp3) is 0.774. The summed E-state index contributed by atoms with van der Waals surface area (Å²) in [5.74, 6) is -11.2. The summed E-state index contributed by atoms with van der Waals surface area (Å²) in [5, 5.41) is 131. The monoisotopic (exact) mass is 1230 g/mol. The highest BCUT2D eigenvalue weighted by atomic mass is 16.7. The number of carboxylic acids is 2. The molecule has 3 fully saturated rings. The molecule has 4 bridgehead atoms. The van der Waals surface area contributed by atoms with Gasteiger partial charge in [-0.05, 0) is 76.0 Å². The van der Waals surface area contributed by atoms with Crippen molar-refractivity contribution in [3.63, 3.8) is 0 Å². The molecule has 24 heteroatoms. The summed E-state index contributed by atoms with van der Waals surface area (Å²) < 4.78 is 23.3. The zero-order chi connectivity index (χ0) is 65.0. The molecule has 86 heavy (non-hydrogen) atoms. The number of cyclic esters (lactones) is 1. The molecule has 22 atom stereocenters. The van der Waals surface area contributed by atoms with E-state index in [0.717, 1.165) is 45.1 Å². The maximum Gasteiger partial charge on any atom is 0.317 e. The molecular weight excluding hydrogens is 1120 g/mol. The number of rotatable bonds is 13. The van der Waals surface area contributed by atoms with Crippen LogP contribution in [0.2, 0.25) is 0 Å². The van der Waals surface area contributed by atoms with E-state index in [2.05, 4.69) is 29.4 Å². The standard InChI is InChI=1S/C59H101N3O17.C3H4O4/c1-34(18-14-12-10-11-13-17-25-62-58(60)61-9)26-38(5)55-37(4)19-15-16-20-45(64)39(6)49(68)28-42(63)27-43-29-44-30-51(70)56(77-54(73)32-53(72)76-43)59(75,79-44)33-52(71)36(3)22-23-46(65)40(7)50(69)31-48(67)35(2)21-24-47(66)41(8)57(74)78-55;4-2(5)1-3(6)7/h10-11,15-16,19-21,24,34-52,55-56,63-71,75H,12-14,17-18,22-23,25-33H2,1-9H3,(H3,60,61,62);1H2,(H,4,5)(H,6,7)/b11-10+,19-15-,20-16-,24-21-;. The van der Waals surface area contributed by atoms with Crippen molar-refractivity contribution in [1.82, 2.24) is 5.32 Å². The number of fused-ring (bicyclic) bond motifs is 5. The highest BCUT2D eigenvalue weighted by Gasteiger charge is 2.53. The summed E-state index contributed by atoms with van der Waals surface area (Å²) in [6.45, 7) is 15.0. The number of hydrogen-bond acceptors (Lipinski definition) is 20. The van der Waals surface area contributed by atoms with Crippen LogP contribution in [0.1, 0.15) is 158 Å². The van der Waals surface area contributed by atoms with Crippen LogP contribution in [-0.2, 0) is 42.9 Å². The number of ether oxygens (including phenoxy) is 4. The molecule has 0 aromatic carbocycles. The van der Waals surface area contributed by atoms with Gasteiger partial charge in [-0.25, -0.2) is 0 Å². The number of aliphatic imine (C=N–C) groups is 1. The Morgan fingerprint density at radius 1 is 0.686 bits per heavy atom. The Labute approximate surface area is 507 Å². The quantitative estimate of drug-likeness (QED) is 0.0239. The first-order chi connectivity index (χ1) is 40.3. The molecule has 22 unspecified atom stereocenters. The smallest absolute Gasteiger partial charge is 0.317 e. The molecule has 3 saturated heterocycles. The van der Waals surface area contributed by atoms with E-state index in [1.807, 2.05) is 19.9 Å². The van der Waals surface area contributed by atoms with Crippen LogP contribution in [-0.4, -0.2) is 196 Å². The van der Waals surface area contributed by atoms with Crippen LogP contribution < -0.4 is 11.1 Å². The van der Waals surface area contributed by atoms with Crippen LogP contribution in [0.3, 0.4) is 0 Å². The topological polar surface area (TPSA) is 415 Å². The van der Waals surface area contributed by atoms with Gasteiger partial charge in [-0.1, -0.05) is 103 Å². The predicted molar refractivity (Wildman–Crippen MR) is 318 cm³/mol. The van der Waals surface area contributed by atoms with Gasteiger partial charge in [0.2, 0.25) is 5.79 Å². The normalized spacial score (nSPS) is 37.6. The number of carbonyl (C=O) groups is 5. The van der Waals surface area contributed by atoms with Gasteiger partial charge in [-0.3, -0.25) is 29.0 Å². The predicted octanol–water partition coefficient (Wildman–Crippen LogP) is 3.33. The van der Waals surface area contributed by atoms with Gasteiger partial charge in [0.25, 0.3) is 0 Å². The van der Waals surface area contributed by atoms with E-state index >= 15 is 0 Å². The molecule has 0 spiro atoms. The number of aliphatic hydroxyl groups is 10. The second-order valence-corrected chi connectivity index (χ2v) is 24.4. The lowest BCUT2D eigenvalue weighted by Gasteiger charge is -2.46. The number of allylic oxidation sites excluding steroid dienone is 4. The van der Waals surface area contributed by atoms with Gasteiger partial charge >= 0.3 is 29.8 Å². The molecule has 0 aromatic rings. The summed E-state index contributed by atoms with van der Waals surface area (Å²) in [6.07, 6.45) is 0.924. The van der Waals surface area contributed by atoms with Gasteiger partial charge in [-0.15, -0.1) is 0 Å². The van der Waals surface area contributed by atoms with Crippen molar-refractivity contribution in [2.24, 2.45) is 58.1 Å². The third-order valence-electron chi connectivity index (χ3n) is 16.7. The zero-order valence-corrected chi connectivity index (χ0v) is 51.8. The third-order valence-corrected chi connectivity index (χ3v) is 16.7. The SMILES string of the molecule is CN=C(N)NCCC/C=C/CCCC(C)CC(C)C1OC(=O)C(C)C(O)/C=C\C(C)C(O)CC(O)C(C)C(O)CCC(C)C(O)CC2(O)OC3CC(CC(O)CC(O)C(C)C(O)/C=C\C=C/C1C)OC(=O)CC(=O)OC2C(O)C3.O=C(O)CC(=O)O. The van der Waals surface area contributed by atoms with Crippen molar-refractivity contribution in [2.75, 3.05) is 13.6 Å². The lowest BCUT2D eigenvalue weighted by molar-refractivity contribution is -0.335. The van der Waals surface area contributed by atoms with Gasteiger partial charge in [0, 0.05) is 69.4 Å². The van der Waals surface area contributed by atoms with Crippen molar-refractivity contribution in [2.45, 2.75) is 243 Å². The number of aliphatic hydroxyl groups excluding tert-OH is 9. The van der Waals surface area contributed by atoms with Crippen molar-refractivity contribution < 1.29 is 104 Å². The molecule has 4 rings (SSSR count). The molecule has 0 aliphatic carbocycles. The van der Waals surface area contributed by atoms with Crippen molar-refractivity contribution in [1.29, 1.82) is 0 Å². The Balaban J connectivity index is 0.00000338. The van der Waals surface area contributed by atoms with Crippen molar-refractivity contribution in [3.8, 4) is 0 Å². The molecular formula is C62H105N3O21. The number of esters is 3. The van der Waals surface area contributed by atoms with Crippen LogP contribution in [0, 0.1) is 47.3 Å². The van der Waals surface area contributed by atoms with Crippen LogP contribution in [0.25, 0.3) is 0 Å². The molecule has 24 nitrogen and oxygen atoms in total. The number of guanidine groups is 1. The summed E-state index contributed by atoms with van der Waals surface area (Å²) in [7, 11) is 1.64. The first-order valence-electron chi connectivity index (χ1n) is 30.5. The largest absolute Gasteiger partial charge is 0.481 e. The minimum Gasteiger partial charge on any atom is -0.481 e. The molecule has 494 valence electrons. The maximum absolute atomic E-state index is 13.8. The second-order valence-electron chi connectivity index (χ2n) is 24.4. The van der Waals surface area contributed by atoms with Crippen LogP contribution in [0.4, 0.5) is 0 Å². The number of nitrogens with one attached hydrogen (secondary N) is 1. The summed E-state index contributed by atoms with van der Waals surface area (Å²) in [4.78, 5) is 62.6. The minimum atomic E-state index is -2.44. The van der Waals surface area contributed by atoms with Crippen molar-refractivity contribution in [3.05, 3.63) is 48.6 Å². The minimum absolute atomic E-state index is 0.0931. The Bertz CT molecular complexity index is 2180. The van der Waals surface area contributed by atoms with E-state index in [0.29, 0.717) is 11.9 Å². The van der Waals surface area contributed by atoms with Gasteiger partial charge in [0.1, 0.15) is 25.0 Å². The van der Waals surface area contributed by atoms with Crippen molar-refractivity contribution >= 4 is 35.8 Å². The molecule has 4 heterocycles. The van der Waals surface area contributed by atoms with Crippen LogP contribution in [0.15, 0.2) is 53.6 Å². The van der Waals surface area contributed by atoms with E-state index in [9.17, 15) is 75.0 Å². The molecule has 15 N–H and O–H groups in total. The fourth-order valence-electron chi connectivity index (χ4n) is 10.8. The Morgan fingerprint density at radius 3 is 1.93 bits per heavy atom. The average Bonchev–Trinajstić information content (AvgIpc) is 3.76. The Kier molecular flexibility index (Phi) is 35.2. The Hall–Kier alpha value is -4.86. The second kappa shape index (κ2) is 39.2. The number of hydrogen-bond donors (Lipinski definition) is 14. The number of aliphatic carboxylic acids is 2. The van der Waals surface area contributed by atoms with E-state index in [-0.39, 0.29) is 56.8 Å².